The first-order valence-corrected chi connectivity index (χ1v) is 11.0. The average Bonchev–Trinajstić information content (AvgIpc) is 2.96. The number of benzene rings is 2. The molecule has 1 fully saturated rings. The van der Waals surface area contributed by atoms with E-state index in [1.165, 1.54) is 0 Å². The Kier molecular flexibility index (Phi) is 7.31. The van der Waals surface area contributed by atoms with Gasteiger partial charge < -0.3 is 23.7 Å². The van der Waals surface area contributed by atoms with Gasteiger partial charge in [-0.25, -0.2) is 0 Å². The maximum Gasteiger partial charge on any atom is 0.303 e. The number of carbonyl (C=O) groups is 4. The molecule has 0 amide bonds. The number of ether oxygens (including phenoxy) is 5. The van der Waals surface area contributed by atoms with Crippen molar-refractivity contribution in [2.75, 3.05) is 6.61 Å². The van der Waals surface area contributed by atoms with Crippen LogP contribution in [-0.2, 0) is 33.3 Å². The molecule has 10 nitrogen and oxygen atoms in total. The molecule has 0 bridgehead atoms. The maximum absolute atomic E-state index is 13.0. The molecule has 37 heavy (non-hydrogen) atoms. The largest absolute Gasteiger partial charge is 0.460 e. The van der Waals surface area contributed by atoms with E-state index in [0.717, 1.165) is 0 Å². The number of nitriles is 1. The predicted octanol–water partition coefficient (Wildman–Crippen LogP) is 2.94. The number of esters is 3. The molecule has 1 aliphatic rings. The quantitative estimate of drug-likeness (QED) is 0.309. The molecule has 0 aliphatic carbocycles. The van der Waals surface area contributed by atoms with Crippen molar-refractivity contribution in [1.82, 2.24) is 0 Å². The van der Waals surface area contributed by atoms with Gasteiger partial charge in [0.15, 0.2) is 18.0 Å². The summed E-state index contributed by atoms with van der Waals surface area (Å²) in [7, 11) is 0. The van der Waals surface area contributed by atoms with Crippen LogP contribution in [0.4, 0.5) is 0 Å². The first-order chi connectivity index (χ1) is 19.1. The summed E-state index contributed by atoms with van der Waals surface area (Å²) in [6, 6.07) is 11.4. The molecule has 1 unspecified atom stereocenters. The Balaban J connectivity index is 1.92. The molecule has 3 rings (SSSR count). The Morgan fingerprint density at radius 1 is 0.892 bits per heavy atom. The molecular formula is C27H27NO9. The van der Waals surface area contributed by atoms with Gasteiger partial charge in [0, 0.05) is 35.9 Å². The number of hydrogen-bond donors (Lipinski definition) is 0. The highest BCUT2D eigenvalue weighted by Crippen LogP contribution is 2.31. The van der Waals surface area contributed by atoms with Crippen molar-refractivity contribution in [3.63, 3.8) is 0 Å². The Hall–Kier alpha value is -4.23. The zero-order chi connectivity index (χ0) is 29.4. The van der Waals surface area contributed by atoms with Crippen LogP contribution in [0.3, 0.4) is 0 Å². The maximum atomic E-state index is 13.0. The van der Waals surface area contributed by atoms with Gasteiger partial charge in [-0.2, -0.15) is 5.26 Å². The summed E-state index contributed by atoms with van der Waals surface area (Å²) >= 11 is 0. The number of nitrogens with zero attached hydrogens (tertiary/aromatic N) is 1. The zero-order valence-electron chi connectivity index (χ0n) is 23.2. The lowest BCUT2D eigenvalue weighted by Gasteiger charge is -2.40. The van der Waals surface area contributed by atoms with Crippen molar-refractivity contribution in [3.8, 4) is 11.8 Å². The lowest BCUT2D eigenvalue weighted by Crippen LogP contribution is -2.59. The molecule has 0 aromatic heterocycles. The Morgan fingerprint density at radius 2 is 1.46 bits per heavy atom. The van der Waals surface area contributed by atoms with E-state index in [1.54, 1.807) is 50.2 Å². The Labute approximate surface area is 218 Å². The van der Waals surface area contributed by atoms with E-state index in [4.69, 9.17) is 33.1 Å². The minimum Gasteiger partial charge on any atom is -0.460 e. The number of rotatable bonds is 7. The lowest BCUT2D eigenvalue weighted by atomic mass is 9.98. The van der Waals surface area contributed by atoms with E-state index < -0.39 is 63.2 Å². The van der Waals surface area contributed by atoms with E-state index in [1.807, 2.05) is 6.07 Å². The monoisotopic (exact) mass is 512 g/mol. The van der Waals surface area contributed by atoms with Crippen LogP contribution in [0, 0.1) is 25.2 Å². The van der Waals surface area contributed by atoms with E-state index in [0.29, 0.717) is 27.8 Å². The first kappa shape index (κ1) is 23.2. The van der Waals surface area contributed by atoms with Gasteiger partial charge in [0.2, 0.25) is 12.4 Å². The fourth-order valence-electron chi connectivity index (χ4n) is 3.93. The van der Waals surface area contributed by atoms with Crippen LogP contribution in [0.5, 0.6) is 5.75 Å². The second kappa shape index (κ2) is 11.7. The van der Waals surface area contributed by atoms with Crippen LogP contribution in [0.2, 0.25) is 0 Å². The number of aryl methyl sites for hydroxylation is 2. The summed E-state index contributed by atoms with van der Waals surface area (Å²) in [6.07, 6.45) is -5.60. The van der Waals surface area contributed by atoms with Gasteiger partial charge in [0.25, 0.3) is 0 Å². The van der Waals surface area contributed by atoms with Gasteiger partial charge in [-0.15, -0.1) is 0 Å². The van der Waals surface area contributed by atoms with Crippen molar-refractivity contribution in [3.05, 3.63) is 64.2 Å². The van der Waals surface area contributed by atoms with Gasteiger partial charge in [-0.05, 0) is 61.4 Å². The minimum atomic E-state index is -1.50. The number of carbonyl (C=O) groups excluding carboxylic acids is 4. The molecule has 2 aromatic carbocycles. The SMILES string of the molecule is [2H]CC(=O)O[C@H]1[C@H](OC(=O)C[2H])C(Oc2c(C)cc(C(=O)c3ccc(C#N)cc3)cc2C)OC[C@H]1OC(=O)C[2H]. The molecule has 0 saturated carbocycles. The van der Waals surface area contributed by atoms with Crippen molar-refractivity contribution in [2.24, 2.45) is 0 Å². The van der Waals surface area contributed by atoms with E-state index >= 15 is 0 Å². The van der Waals surface area contributed by atoms with Gasteiger partial charge in [0.05, 0.1) is 18.2 Å². The molecular weight excluding hydrogens is 482 g/mol. The highest BCUT2D eigenvalue weighted by molar-refractivity contribution is 6.09. The second-order valence-corrected chi connectivity index (χ2v) is 8.21. The minimum absolute atomic E-state index is 0.278. The number of ketones is 1. The van der Waals surface area contributed by atoms with E-state index in [9.17, 15) is 19.2 Å². The smallest absolute Gasteiger partial charge is 0.303 e. The standard InChI is InChI=1S/C27H27NO9/c1-14-10-21(23(32)20-8-6-19(12-28)7-9-20)11-15(2)24(14)37-27-26(36-18(5)31)25(35-17(4)30)22(13-33-27)34-16(3)29/h6-11,22,25-27H,13H2,1-5H3/t22-,25-,26+,27?/m1/s1/i3D,4D,5D. The van der Waals surface area contributed by atoms with Crippen molar-refractivity contribution in [2.45, 2.75) is 59.1 Å². The lowest BCUT2D eigenvalue weighted by molar-refractivity contribution is -0.260. The van der Waals surface area contributed by atoms with Gasteiger partial charge in [-0.1, -0.05) is 0 Å². The zero-order valence-corrected chi connectivity index (χ0v) is 20.2. The van der Waals surface area contributed by atoms with Crippen molar-refractivity contribution >= 4 is 23.7 Å². The van der Waals surface area contributed by atoms with Gasteiger partial charge in [0.1, 0.15) is 5.75 Å². The fraction of sp³-hybridized carbons (Fsp3) is 0.370. The van der Waals surface area contributed by atoms with Gasteiger partial charge in [-0.3, -0.25) is 19.2 Å². The molecule has 4 atom stereocenters. The summed E-state index contributed by atoms with van der Waals surface area (Å²) < 4.78 is 49.3. The van der Waals surface area contributed by atoms with Crippen LogP contribution in [-0.4, -0.2) is 54.9 Å². The average molecular weight is 513 g/mol. The Morgan fingerprint density at radius 3 is 2.03 bits per heavy atom. The highest BCUT2D eigenvalue weighted by atomic mass is 16.7. The van der Waals surface area contributed by atoms with Crippen LogP contribution >= 0.6 is 0 Å². The number of hydrogen-bond acceptors (Lipinski definition) is 10. The van der Waals surface area contributed by atoms with E-state index in [-0.39, 0.29) is 18.1 Å². The normalized spacial score (nSPS) is 21.8. The molecule has 0 spiro atoms. The van der Waals surface area contributed by atoms with E-state index in [2.05, 4.69) is 0 Å². The third-order valence-electron chi connectivity index (χ3n) is 5.43. The second-order valence-electron chi connectivity index (χ2n) is 8.21. The van der Waals surface area contributed by atoms with Crippen LogP contribution < -0.4 is 4.74 Å². The Bertz CT molecular complexity index is 1290. The van der Waals surface area contributed by atoms with Crippen LogP contribution in [0.1, 0.15) is 57.4 Å². The summed E-state index contributed by atoms with van der Waals surface area (Å²) in [6.45, 7) is 0.745. The van der Waals surface area contributed by atoms with Crippen molar-refractivity contribution < 1.29 is 47.0 Å². The van der Waals surface area contributed by atoms with Crippen molar-refractivity contribution in [1.29, 1.82) is 5.26 Å². The summed E-state index contributed by atoms with van der Waals surface area (Å²) in [5.41, 5.74) is 2.21. The highest BCUT2D eigenvalue weighted by Gasteiger charge is 2.48. The summed E-state index contributed by atoms with van der Waals surface area (Å²) in [5.74, 6) is -2.94. The first-order valence-electron chi connectivity index (χ1n) is 13.1. The van der Waals surface area contributed by atoms with Gasteiger partial charge >= 0.3 is 17.9 Å². The van der Waals surface area contributed by atoms with Crippen LogP contribution in [0.25, 0.3) is 0 Å². The molecule has 10 heteroatoms. The van der Waals surface area contributed by atoms with Crippen LogP contribution in [0.15, 0.2) is 36.4 Å². The molecule has 0 radical (unpaired) electrons. The fourth-order valence-corrected chi connectivity index (χ4v) is 3.93. The predicted molar refractivity (Wildman–Crippen MR) is 128 cm³/mol. The molecule has 2 aromatic rings. The molecule has 0 N–H and O–H groups in total. The topological polar surface area (TPSA) is 138 Å². The molecule has 1 aliphatic heterocycles. The molecule has 1 saturated heterocycles. The summed E-state index contributed by atoms with van der Waals surface area (Å²) in [4.78, 5) is 49.0. The third kappa shape index (κ3) is 6.71. The molecule has 194 valence electrons. The molecule has 1 heterocycles. The third-order valence-corrected chi connectivity index (χ3v) is 5.43. The summed E-state index contributed by atoms with van der Waals surface area (Å²) in [5, 5.41) is 8.98.